The molecule has 0 aliphatic carbocycles. The summed E-state index contributed by atoms with van der Waals surface area (Å²) in [6, 6.07) is -10.8. The summed E-state index contributed by atoms with van der Waals surface area (Å²) in [6.07, 6.45) is -18.4. The van der Waals surface area contributed by atoms with E-state index in [1.807, 2.05) is 0 Å². The van der Waals surface area contributed by atoms with E-state index >= 15 is 0 Å². The fourth-order valence-electron chi connectivity index (χ4n) is 2.51. The fraction of sp³-hybridized carbons (Fsp3) is 0.708. The Morgan fingerprint density at radius 2 is 2.27 bits per heavy atom. The van der Waals surface area contributed by atoms with Crippen LogP contribution in [0.1, 0.15) is 97.1 Å². The van der Waals surface area contributed by atoms with Gasteiger partial charge in [-0.1, -0.05) is 27.5 Å². The van der Waals surface area contributed by atoms with Crippen LogP contribution in [0.4, 0.5) is 0 Å². The number of rotatable bonds is 7. The molecule has 1 aromatic carbocycles. The Kier molecular flexibility index (Phi) is 1.90. The first kappa shape index (κ1) is 5.96. The minimum absolute atomic E-state index is 0.178. The van der Waals surface area contributed by atoms with Gasteiger partial charge < -0.3 is 19.9 Å². The summed E-state index contributed by atoms with van der Waals surface area (Å²) in [5.74, 6) is -19.0. The second-order valence-electron chi connectivity index (χ2n) is 5.90. The topological polar surface area (TPSA) is 74.0 Å². The molecule has 30 heavy (non-hydrogen) atoms. The van der Waals surface area contributed by atoms with Gasteiger partial charge in [-0.25, -0.2) is 0 Å². The van der Waals surface area contributed by atoms with E-state index in [0.29, 0.717) is 0 Å². The Hall–Kier alpha value is -1.79. The first-order chi connectivity index (χ1) is 25.5. The smallest absolute Gasteiger partial charge is 0.323 e. The molecule has 6 nitrogen and oxygen atoms in total. The molecule has 3 rings (SSSR count). The van der Waals surface area contributed by atoms with Crippen LogP contribution in [0.15, 0.2) is 12.1 Å². The van der Waals surface area contributed by atoms with Crippen LogP contribution >= 0.6 is 0 Å². The number of ether oxygens (including phenoxy) is 3. The molecule has 1 fully saturated rings. The molecule has 1 saturated heterocycles. The fourth-order valence-corrected chi connectivity index (χ4v) is 2.51. The van der Waals surface area contributed by atoms with Crippen LogP contribution in [0.2, 0.25) is 0 Å². The van der Waals surface area contributed by atoms with Gasteiger partial charge in [-0.2, -0.15) is 0 Å². The van der Waals surface area contributed by atoms with Gasteiger partial charge in [0.2, 0.25) is 0 Å². The molecule has 0 saturated carbocycles. The van der Waals surface area contributed by atoms with Crippen molar-refractivity contribution in [1.82, 2.24) is 4.90 Å². The third-order valence-electron chi connectivity index (χ3n) is 3.83. The zero-order valence-electron chi connectivity index (χ0n) is 44.7. The first-order valence-corrected chi connectivity index (χ1v) is 8.20. The highest BCUT2D eigenvalue weighted by Gasteiger charge is 2.41. The Balaban J connectivity index is 2.78. The van der Waals surface area contributed by atoms with Crippen LogP contribution in [0.25, 0.3) is 0 Å². The van der Waals surface area contributed by atoms with Gasteiger partial charge in [-0.05, 0) is 47.7 Å². The average Bonchev–Trinajstić information content (AvgIpc) is 3.00. The molecular weight excluding hydrogens is 380 g/mol. The minimum Gasteiger partial charge on any atom is -0.493 e. The van der Waals surface area contributed by atoms with Crippen molar-refractivity contribution in [3.8, 4) is 11.5 Å². The molecule has 0 spiro atoms. The number of piperidine rings is 1. The number of benzene rings is 1. The Labute approximate surface area is 221 Å². The molecule has 4 unspecified atom stereocenters. The van der Waals surface area contributed by atoms with Crippen molar-refractivity contribution >= 4 is 5.97 Å². The summed E-state index contributed by atoms with van der Waals surface area (Å²) in [7, 11) is -2.79. The van der Waals surface area contributed by atoms with Gasteiger partial charge >= 0.3 is 5.97 Å². The summed E-state index contributed by atoms with van der Waals surface area (Å²) in [5.41, 5.74) is 2.63. The number of carbonyl (C=O) groups excluding carboxylic acids is 1. The van der Waals surface area contributed by atoms with E-state index in [1.54, 1.807) is 0 Å². The molecule has 1 aromatic rings. The summed E-state index contributed by atoms with van der Waals surface area (Å²) < 4.78 is 260. The quantitative estimate of drug-likeness (QED) is 0.644. The molecule has 0 bridgehead atoms. The van der Waals surface area contributed by atoms with E-state index in [-0.39, 0.29) is 6.92 Å². The van der Waals surface area contributed by atoms with E-state index in [1.165, 1.54) is 0 Å². The van der Waals surface area contributed by atoms with Crippen molar-refractivity contribution in [3.05, 3.63) is 23.2 Å². The maximum atomic E-state index is 14.0. The summed E-state index contributed by atoms with van der Waals surface area (Å²) >= 11 is 0. The molecular formula is C24H38N2O4. The predicted octanol–water partition coefficient (Wildman–Crippen LogP) is 3.56. The minimum atomic E-state index is -5.05. The molecule has 6 heteroatoms. The van der Waals surface area contributed by atoms with E-state index in [4.69, 9.17) is 51.5 Å². The number of fused-ring (bicyclic) bond motifs is 3. The van der Waals surface area contributed by atoms with Gasteiger partial charge in [0.15, 0.2) is 11.5 Å². The van der Waals surface area contributed by atoms with Crippen molar-refractivity contribution in [2.24, 2.45) is 23.4 Å². The lowest BCUT2D eigenvalue weighted by atomic mass is 9.79. The molecule has 2 aliphatic rings. The van der Waals surface area contributed by atoms with Crippen molar-refractivity contribution in [2.45, 2.75) is 64.7 Å². The van der Waals surface area contributed by atoms with Crippen LogP contribution in [0.5, 0.6) is 11.5 Å². The number of nitrogens with zero attached hydrogens (tertiary/aromatic N) is 1. The van der Waals surface area contributed by atoms with Crippen LogP contribution in [0.3, 0.4) is 0 Å². The van der Waals surface area contributed by atoms with Crippen molar-refractivity contribution in [3.63, 3.8) is 0 Å². The number of esters is 1. The Morgan fingerprint density at radius 3 is 2.97 bits per heavy atom. The Morgan fingerprint density at radius 1 is 1.47 bits per heavy atom. The van der Waals surface area contributed by atoms with Crippen LogP contribution in [0, 0.1) is 17.7 Å². The number of carbonyl (C=O) groups is 1. The summed E-state index contributed by atoms with van der Waals surface area (Å²) in [5, 5.41) is 0. The van der Waals surface area contributed by atoms with Crippen molar-refractivity contribution in [1.29, 1.82) is 0 Å². The van der Waals surface area contributed by atoms with Gasteiger partial charge in [0.05, 0.1) is 23.7 Å². The van der Waals surface area contributed by atoms with Crippen molar-refractivity contribution < 1.29 is 58.8 Å². The second kappa shape index (κ2) is 9.56. The normalized spacial score (nSPS) is 56.2. The molecule has 0 amide bonds. The summed E-state index contributed by atoms with van der Waals surface area (Å²) in [4.78, 5) is 13.4. The molecule has 0 aromatic heterocycles. The van der Waals surface area contributed by atoms with Gasteiger partial charge in [-0.15, -0.1) is 0 Å². The number of hydrogen-bond donors (Lipinski definition) is 1. The lowest BCUT2D eigenvalue weighted by molar-refractivity contribution is -0.160. The molecule has 2 aliphatic heterocycles. The average molecular weight is 448 g/mol. The van der Waals surface area contributed by atoms with Crippen LogP contribution < -0.4 is 15.2 Å². The molecule has 2 N–H and O–H groups in total. The van der Waals surface area contributed by atoms with Gasteiger partial charge in [0.25, 0.3) is 0 Å². The molecule has 0 radical (unpaired) electrons. The third kappa shape index (κ3) is 4.75. The first-order valence-electron chi connectivity index (χ1n) is 22.7. The number of hydrogen-bond acceptors (Lipinski definition) is 6. The van der Waals surface area contributed by atoms with E-state index < -0.39 is 141 Å². The maximum absolute atomic E-state index is 14.0. The third-order valence-corrected chi connectivity index (χ3v) is 3.83. The highest BCUT2D eigenvalue weighted by atomic mass is 16.5. The lowest BCUT2D eigenvalue weighted by Crippen LogP contribution is -2.51. The van der Waals surface area contributed by atoms with E-state index in [2.05, 4.69) is 0 Å². The standard InChI is InChI=1S/C24H38N2O4/c1-14(2)9-17-13-26-8-7-16-10-21(28-5)22(29-6)11-18(16)19(26)12-20(17)30-24(27)23(25)15(3)4/h10-11,14-15,17,19-20,23H,7-9,12-13,25H2,1-6H3/t17?,19?,20?,23-/m0/s1/i1D3,3D3,4D3,5D3,7D2,8D2,9D2,10D,11D,12D2,13D2,14D,15D,17D,20D,23D/t14?,17?,19?,20?,23-. The van der Waals surface area contributed by atoms with Gasteiger partial charge in [0.1, 0.15) is 12.1 Å². The highest BCUT2D eigenvalue weighted by Crippen LogP contribution is 2.44. The van der Waals surface area contributed by atoms with Crippen molar-refractivity contribution in [2.75, 3.05) is 27.1 Å². The zero-order valence-corrected chi connectivity index (χ0v) is 15.7. The molecule has 5 atom stereocenters. The predicted molar refractivity (Wildman–Crippen MR) is 118 cm³/mol. The number of methoxy groups -OCH3 is 2. The molecule has 168 valence electrons. The maximum Gasteiger partial charge on any atom is 0.323 e. The summed E-state index contributed by atoms with van der Waals surface area (Å²) in [6.45, 7) is -21.5. The molecule has 2 heterocycles. The monoisotopic (exact) mass is 447 g/mol. The second-order valence-corrected chi connectivity index (χ2v) is 5.90. The zero-order chi connectivity index (χ0) is 47.3. The van der Waals surface area contributed by atoms with E-state index in [0.717, 1.165) is 7.11 Å². The lowest BCUT2D eigenvalue weighted by Gasteiger charge is -2.47. The van der Waals surface area contributed by atoms with Crippen LogP contribution in [-0.4, -0.2) is 50.1 Å². The van der Waals surface area contributed by atoms with Gasteiger partial charge in [-0.3, -0.25) is 9.69 Å². The highest BCUT2D eigenvalue weighted by molar-refractivity contribution is 5.76. The number of nitrogens with two attached hydrogens (primary N) is 1. The van der Waals surface area contributed by atoms with E-state index in [9.17, 15) is 13.0 Å². The Bertz CT molecular complexity index is 1850. The SMILES string of the molecule is [2H]c1c(OC)c(OC([2H])([2H])[2H])c([2H])c2c1C1N(C([2H])([2H])C2([2H])[2H])C([2H])([2H])C([2H])(C([2H])([2H])C([2H])(C)C([2H])([2H])[2H])C([2H])(OC(=O)[C@@]([2H])(N)C([2H])(C([2H])([2H])[2H])C([2H])([2H])[2H])C1([2H])[2H]. The van der Waals surface area contributed by atoms with Crippen LogP contribution in [-0.2, 0) is 15.9 Å². The largest absolute Gasteiger partial charge is 0.493 e. The van der Waals surface area contributed by atoms with Gasteiger partial charge in [0, 0.05) is 61.5 Å².